The van der Waals surface area contributed by atoms with Gasteiger partial charge in [0.15, 0.2) is 0 Å². The van der Waals surface area contributed by atoms with E-state index in [4.69, 9.17) is 4.42 Å². The fraction of sp³-hybridized carbons (Fsp3) is 0.240. The molecule has 1 amide bonds. The number of hydrogen-bond donors (Lipinski definition) is 0. The van der Waals surface area contributed by atoms with Crippen molar-refractivity contribution in [3.8, 4) is 0 Å². The number of hydrazone groups is 1. The molecule has 4 aromatic rings. The Morgan fingerprint density at radius 1 is 1.17 bits per heavy atom. The van der Waals surface area contributed by atoms with Crippen LogP contribution in [-0.2, 0) is 10.0 Å². The molecule has 0 saturated carbocycles. The highest BCUT2D eigenvalue weighted by Crippen LogP contribution is 2.31. The van der Waals surface area contributed by atoms with Crippen LogP contribution < -0.4 is 5.01 Å². The van der Waals surface area contributed by atoms with E-state index in [1.54, 1.807) is 19.2 Å². The zero-order valence-electron chi connectivity index (χ0n) is 19.7. The predicted molar refractivity (Wildman–Crippen MR) is 139 cm³/mol. The minimum Gasteiger partial charge on any atom is -0.463 e. The second-order valence-electron chi connectivity index (χ2n) is 8.05. The third-order valence-corrected chi connectivity index (χ3v) is 8.25. The van der Waals surface area contributed by atoms with Crippen molar-refractivity contribution < 1.29 is 17.6 Å². The highest BCUT2D eigenvalue weighted by molar-refractivity contribution is 7.89. The molecule has 0 atom stereocenters. The zero-order chi connectivity index (χ0) is 25.0. The van der Waals surface area contributed by atoms with E-state index in [1.165, 1.54) is 57.4 Å². The number of carbonyl (C=O) groups excluding carboxylic acids is 1. The van der Waals surface area contributed by atoms with Gasteiger partial charge in [0.05, 0.1) is 27.6 Å². The molecule has 0 aliphatic carbocycles. The molecule has 0 spiro atoms. The lowest BCUT2D eigenvalue weighted by Gasteiger charge is -2.17. The quantitative estimate of drug-likeness (QED) is 0.225. The lowest BCUT2D eigenvalue weighted by Crippen LogP contribution is -2.28. The summed E-state index contributed by atoms with van der Waals surface area (Å²) in [6.07, 6.45) is 4.63. The SMILES string of the molecule is CCCCN(C)S(=O)(=O)c1ccc(C(=O)N(/N=C/c2ccco2)c2nc3ccc(C)cc3s2)cc1. The van der Waals surface area contributed by atoms with Gasteiger partial charge in [-0.1, -0.05) is 30.7 Å². The average Bonchev–Trinajstić information content (AvgIpc) is 3.52. The number of nitrogens with zero attached hydrogens (tertiary/aromatic N) is 4. The molecule has 0 N–H and O–H groups in total. The Morgan fingerprint density at radius 3 is 2.63 bits per heavy atom. The predicted octanol–water partition coefficient (Wildman–Crippen LogP) is 5.30. The standard InChI is InChI=1S/C25H26N4O4S2/c1-4-5-14-28(3)35(31,32)21-11-9-19(10-12-21)24(30)29(26-17-20-7-6-15-33-20)25-27-22-13-8-18(2)16-23(22)34-25/h6-13,15-17H,4-5,14H2,1-3H3/b26-17+. The molecular formula is C25H26N4O4S2. The van der Waals surface area contributed by atoms with Crippen LogP contribution in [0.5, 0.6) is 0 Å². The molecule has 2 aromatic carbocycles. The molecule has 0 aliphatic heterocycles. The highest BCUT2D eigenvalue weighted by Gasteiger charge is 2.24. The van der Waals surface area contributed by atoms with Gasteiger partial charge >= 0.3 is 0 Å². The third-order valence-electron chi connectivity index (χ3n) is 5.39. The molecule has 8 nitrogen and oxygen atoms in total. The molecule has 2 heterocycles. The molecule has 4 rings (SSSR count). The fourth-order valence-corrected chi connectivity index (χ4v) is 5.58. The van der Waals surface area contributed by atoms with Gasteiger partial charge in [-0.15, -0.1) is 0 Å². The van der Waals surface area contributed by atoms with Crippen LogP contribution in [-0.4, -0.2) is 43.4 Å². The van der Waals surface area contributed by atoms with Crippen LogP contribution in [0, 0.1) is 6.92 Å². The zero-order valence-corrected chi connectivity index (χ0v) is 21.3. The molecule has 0 unspecified atom stereocenters. The van der Waals surface area contributed by atoms with Crippen LogP contribution in [0.15, 0.2) is 75.3 Å². The van der Waals surface area contributed by atoms with Crippen LogP contribution in [0.3, 0.4) is 0 Å². The van der Waals surface area contributed by atoms with Gasteiger partial charge in [0.2, 0.25) is 15.2 Å². The molecule has 0 fully saturated rings. The topological polar surface area (TPSA) is 96.1 Å². The summed E-state index contributed by atoms with van der Waals surface area (Å²) in [5, 5.41) is 5.96. The van der Waals surface area contributed by atoms with E-state index in [-0.39, 0.29) is 10.5 Å². The second kappa shape index (κ2) is 10.5. The molecule has 35 heavy (non-hydrogen) atoms. The molecular weight excluding hydrogens is 484 g/mol. The number of fused-ring (bicyclic) bond motifs is 1. The van der Waals surface area contributed by atoms with Crippen LogP contribution >= 0.6 is 11.3 Å². The number of amides is 1. The van der Waals surface area contributed by atoms with Crippen LogP contribution in [0.2, 0.25) is 0 Å². The summed E-state index contributed by atoms with van der Waals surface area (Å²) in [4.78, 5) is 18.2. The summed E-state index contributed by atoms with van der Waals surface area (Å²) in [5.74, 6) is 0.0446. The van der Waals surface area contributed by atoms with E-state index < -0.39 is 15.9 Å². The number of rotatable bonds is 9. The lowest BCUT2D eigenvalue weighted by molar-refractivity contribution is 0.0987. The summed E-state index contributed by atoms with van der Waals surface area (Å²) in [6, 6.07) is 15.2. The average molecular weight is 511 g/mol. The van der Waals surface area contributed by atoms with Crippen molar-refractivity contribution in [2.24, 2.45) is 5.10 Å². The van der Waals surface area contributed by atoms with E-state index in [2.05, 4.69) is 10.1 Å². The first-order valence-corrected chi connectivity index (χ1v) is 13.4. The minimum atomic E-state index is -3.63. The van der Waals surface area contributed by atoms with Crippen molar-refractivity contribution in [1.82, 2.24) is 9.29 Å². The first-order valence-electron chi connectivity index (χ1n) is 11.1. The van der Waals surface area contributed by atoms with Gasteiger partial charge in [0.1, 0.15) is 5.76 Å². The van der Waals surface area contributed by atoms with Crippen LogP contribution in [0.25, 0.3) is 10.2 Å². The normalized spacial score (nSPS) is 12.1. The van der Waals surface area contributed by atoms with E-state index in [0.29, 0.717) is 17.4 Å². The van der Waals surface area contributed by atoms with E-state index in [0.717, 1.165) is 28.6 Å². The monoisotopic (exact) mass is 510 g/mol. The maximum atomic E-state index is 13.5. The van der Waals surface area contributed by atoms with E-state index >= 15 is 0 Å². The maximum absolute atomic E-state index is 13.5. The van der Waals surface area contributed by atoms with Crippen LogP contribution in [0.4, 0.5) is 5.13 Å². The van der Waals surface area contributed by atoms with Crippen molar-refractivity contribution in [2.75, 3.05) is 18.6 Å². The fourth-order valence-electron chi connectivity index (χ4n) is 3.35. The Balaban J connectivity index is 1.66. The molecule has 0 bridgehead atoms. The number of furan rings is 1. The van der Waals surface area contributed by atoms with Crippen molar-refractivity contribution >= 4 is 48.8 Å². The molecule has 182 valence electrons. The van der Waals surface area contributed by atoms with Gasteiger partial charge in [-0.3, -0.25) is 4.79 Å². The third kappa shape index (κ3) is 5.50. The number of hydrogen-bond acceptors (Lipinski definition) is 7. The van der Waals surface area contributed by atoms with Gasteiger partial charge in [0.25, 0.3) is 5.91 Å². The maximum Gasteiger partial charge on any atom is 0.280 e. The summed E-state index contributed by atoms with van der Waals surface area (Å²) >= 11 is 1.35. The van der Waals surface area contributed by atoms with Gasteiger partial charge in [-0.25, -0.2) is 17.7 Å². The number of unbranched alkanes of at least 4 members (excludes halogenated alkanes) is 1. The number of thiazole rings is 1. The molecule has 2 aromatic heterocycles. The first-order chi connectivity index (χ1) is 16.8. The Bertz CT molecular complexity index is 1440. The Labute approximate surface area is 208 Å². The lowest BCUT2D eigenvalue weighted by atomic mass is 10.2. The van der Waals surface area contributed by atoms with E-state index in [9.17, 15) is 13.2 Å². The van der Waals surface area contributed by atoms with Gasteiger partial charge in [-0.2, -0.15) is 10.1 Å². The van der Waals surface area contributed by atoms with Crippen molar-refractivity contribution in [3.63, 3.8) is 0 Å². The van der Waals surface area contributed by atoms with Gasteiger partial charge in [-0.05, 0) is 67.4 Å². The number of aromatic nitrogens is 1. The number of sulfonamides is 1. The second-order valence-corrected chi connectivity index (χ2v) is 11.1. The Morgan fingerprint density at radius 2 is 1.94 bits per heavy atom. The van der Waals surface area contributed by atoms with E-state index in [1.807, 2.05) is 32.0 Å². The number of anilines is 1. The molecule has 0 aliphatic rings. The smallest absolute Gasteiger partial charge is 0.280 e. The van der Waals surface area contributed by atoms with Gasteiger partial charge < -0.3 is 4.42 Å². The van der Waals surface area contributed by atoms with Crippen LogP contribution in [0.1, 0.15) is 41.4 Å². The number of benzene rings is 2. The highest BCUT2D eigenvalue weighted by atomic mass is 32.2. The number of carbonyl (C=O) groups is 1. The van der Waals surface area contributed by atoms with Crippen molar-refractivity contribution in [3.05, 3.63) is 77.7 Å². The summed E-state index contributed by atoms with van der Waals surface area (Å²) in [6.45, 7) is 4.44. The first kappa shape index (κ1) is 24.8. The van der Waals surface area contributed by atoms with Gasteiger partial charge in [0, 0.05) is 19.2 Å². The summed E-state index contributed by atoms with van der Waals surface area (Å²) < 4.78 is 33.2. The molecule has 0 radical (unpaired) electrons. The summed E-state index contributed by atoms with van der Waals surface area (Å²) in [7, 11) is -2.07. The van der Waals surface area contributed by atoms with Crippen molar-refractivity contribution in [2.45, 2.75) is 31.6 Å². The Kier molecular flexibility index (Phi) is 7.44. The minimum absolute atomic E-state index is 0.133. The summed E-state index contributed by atoms with van der Waals surface area (Å²) in [5.41, 5.74) is 2.13. The Hall–Kier alpha value is -3.34. The largest absolute Gasteiger partial charge is 0.463 e. The number of aryl methyl sites for hydroxylation is 1. The molecule has 10 heteroatoms. The molecule has 0 saturated heterocycles. The van der Waals surface area contributed by atoms with Crippen molar-refractivity contribution in [1.29, 1.82) is 0 Å².